The van der Waals surface area contributed by atoms with E-state index >= 15 is 0 Å². The summed E-state index contributed by atoms with van der Waals surface area (Å²) >= 11 is 7.51. The Balaban J connectivity index is 1.48. The van der Waals surface area contributed by atoms with Gasteiger partial charge in [0.1, 0.15) is 6.17 Å². The maximum atomic E-state index is 12.5. The molecule has 3 aromatic carbocycles. The van der Waals surface area contributed by atoms with Crippen LogP contribution in [0.5, 0.6) is 0 Å². The van der Waals surface area contributed by atoms with Crippen LogP contribution < -0.4 is 10.2 Å². The fourth-order valence-electron chi connectivity index (χ4n) is 3.91. The van der Waals surface area contributed by atoms with Crippen molar-refractivity contribution < 1.29 is 4.79 Å². The van der Waals surface area contributed by atoms with Crippen LogP contribution in [0.2, 0.25) is 5.02 Å². The van der Waals surface area contributed by atoms with Gasteiger partial charge in [0.05, 0.1) is 5.75 Å². The number of halogens is 1. The summed E-state index contributed by atoms with van der Waals surface area (Å²) in [7, 11) is 2.05. The van der Waals surface area contributed by atoms with Gasteiger partial charge >= 0.3 is 0 Å². The molecule has 1 amide bonds. The normalized spacial score (nSPS) is 14.6. The Bertz CT molecular complexity index is 1260. The highest BCUT2D eigenvalue weighted by atomic mass is 35.5. The first kappa shape index (κ1) is 20.6. The highest BCUT2D eigenvalue weighted by Crippen LogP contribution is 2.43. The third-order valence-corrected chi connectivity index (χ3v) is 6.55. The van der Waals surface area contributed by atoms with Crippen molar-refractivity contribution in [1.82, 2.24) is 14.8 Å². The number of thioether (sulfide) groups is 1. The van der Waals surface area contributed by atoms with Gasteiger partial charge in [-0.3, -0.25) is 9.36 Å². The molecule has 1 aliphatic heterocycles. The zero-order valence-electron chi connectivity index (χ0n) is 17.3. The molecular weight excluding hydrogens is 442 g/mol. The molecule has 6 nitrogen and oxygen atoms in total. The van der Waals surface area contributed by atoms with Crippen LogP contribution in [0.1, 0.15) is 11.7 Å². The molecule has 5 rings (SSSR count). The quantitative estimate of drug-likeness (QED) is 0.407. The first-order valence-electron chi connectivity index (χ1n) is 10.1. The third kappa shape index (κ3) is 3.85. The first-order chi connectivity index (χ1) is 15.6. The van der Waals surface area contributed by atoms with E-state index in [4.69, 9.17) is 11.6 Å². The Hall–Kier alpha value is -3.29. The minimum Gasteiger partial charge on any atom is -0.350 e. The topological polar surface area (TPSA) is 63.1 Å². The maximum Gasteiger partial charge on any atom is 0.234 e. The van der Waals surface area contributed by atoms with Gasteiger partial charge < -0.3 is 10.2 Å². The Labute approximate surface area is 195 Å². The number of anilines is 2. The Morgan fingerprint density at radius 1 is 1.00 bits per heavy atom. The number of carbonyl (C=O) groups excluding carboxylic acids is 1. The molecule has 0 spiro atoms. The van der Waals surface area contributed by atoms with Crippen LogP contribution in [-0.2, 0) is 4.79 Å². The van der Waals surface area contributed by atoms with Crippen LogP contribution in [0.3, 0.4) is 0 Å². The molecule has 0 saturated carbocycles. The lowest BCUT2D eigenvalue weighted by Gasteiger charge is -2.37. The molecule has 8 heteroatoms. The minimum absolute atomic E-state index is 0.0915. The summed E-state index contributed by atoms with van der Waals surface area (Å²) in [6, 6.07) is 25.4. The molecule has 1 unspecified atom stereocenters. The SMILES string of the molecule is CN1c2ccccc2-c2nnc(SCC(=O)Nc3ccccc3)n2C1c1ccc(Cl)cc1. The molecule has 1 atom stereocenters. The molecule has 1 aliphatic rings. The number of rotatable bonds is 5. The second kappa shape index (κ2) is 8.68. The van der Waals surface area contributed by atoms with Gasteiger partial charge in [-0.1, -0.05) is 65.8 Å². The molecule has 1 N–H and O–H groups in total. The van der Waals surface area contributed by atoms with Crippen LogP contribution in [0.15, 0.2) is 84.0 Å². The Kier molecular flexibility index (Phi) is 5.59. The molecule has 4 aromatic rings. The Morgan fingerprint density at radius 3 is 2.50 bits per heavy atom. The number of amides is 1. The van der Waals surface area contributed by atoms with Crippen molar-refractivity contribution in [2.24, 2.45) is 0 Å². The number of hydrogen-bond donors (Lipinski definition) is 1. The molecule has 1 aromatic heterocycles. The van der Waals surface area contributed by atoms with E-state index in [0.29, 0.717) is 10.2 Å². The summed E-state index contributed by atoms with van der Waals surface area (Å²) in [4.78, 5) is 14.7. The van der Waals surface area contributed by atoms with Gasteiger partial charge in [-0.25, -0.2) is 0 Å². The number of carbonyl (C=O) groups is 1. The summed E-state index contributed by atoms with van der Waals surface area (Å²) in [5.74, 6) is 0.918. The average Bonchev–Trinajstić information content (AvgIpc) is 3.23. The predicted molar refractivity (Wildman–Crippen MR) is 129 cm³/mol. The lowest BCUT2D eigenvalue weighted by Crippen LogP contribution is -2.34. The van der Waals surface area contributed by atoms with E-state index in [0.717, 1.165) is 28.3 Å². The average molecular weight is 462 g/mol. The lowest BCUT2D eigenvalue weighted by atomic mass is 10.0. The number of fused-ring (bicyclic) bond motifs is 3. The van der Waals surface area contributed by atoms with Crippen LogP contribution in [-0.4, -0.2) is 33.5 Å². The molecule has 0 aliphatic carbocycles. The second-order valence-corrected chi connectivity index (χ2v) is 8.81. The molecule has 0 radical (unpaired) electrons. The number of para-hydroxylation sites is 2. The molecule has 2 heterocycles. The summed E-state index contributed by atoms with van der Waals surface area (Å²) in [6.45, 7) is 0. The molecule has 160 valence electrons. The summed E-state index contributed by atoms with van der Waals surface area (Å²) < 4.78 is 2.09. The van der Waals surface area contributed by atoms with Gasteiger partial charge in [-0.15, -0.1) is 10.2 Å². The zero-order chi connectivity index (χ0) is 22.1. The van der Waals surface area contributed by atoms with Crippen molar-refractivity contribution >= 4 is 40.6 Å². The fourth-order valence-corrected chi connectivity index (χ4v) is 4.79. The van der Waals surface area contributed by atoms with Crippen LogP contribution in [0.4, 0.5) is 11.4 Å². The molecule has 0 fully saturated rings. The predicted octanol–water partition coefficient (Wildman–Crippen LogP) is 5.33. The highest BCUT2D eigenvalue weighted by molar-refractivity contribution is 7.99. The van der Waals surface area contributed by atoms with Gasteiger partial charge in [0, 0.05) is 29.0 Å². The van der Waals surface area contributed by atoms with E-state index in [9.17, 15) is 4.79 Å². The smallest absolute Gasteiger partial charge is 0.234 e. The number of nitrogens with one attached hydrogen (secondary N) is 1. The summed E-state index contributed by atoms with van der Waals surface area (Å²) in [5, 5.41) is 13.2. The van der Waals surface area contributed by atoms with Crippen molar-refractivity contribution in [3.05, 3.63) is 89.4 Å². The summed E-state index contributed by atoms with van der Waals surface area (Å²) in [5.41, 5.74) is 3.91. The molecular formula is C24H20ClN5OS. The standard InChI is InChI=1S/C24H20ClN5OS/c1-29-20-10-6-5-9-19(20)22-27-28-24(30(22)23(29)16-11-13-17(25)14-12-16)32-15-21(31)26-18-7-3-2-4-8-18/h2-14,23H,15H2,1H3,(H,26,31). The minimum atomic E-state index is -0.160. The first-order valence-corrected chi connectivity index (χ1v) is 11.5. The monoisotopic (exact) mass is 461 g/mol. The number of aromatic nitrogens is 3. The number of nitrogens with zero attached hydrogens (tertiary/aromatic N) is 4. The Morgan fingerprint density at radius 2 is 1.72 bits per heavy atom. The maximum absolute atomic E-state index is 12.5. The highest BCUT2D eigenvalue weighted by Gasteiger charge is 2.33. The third-order valence-electron chi connectivity index (χ3n) is 5.36. The fraction of sp³-hybridized carbons (Fsp3) is 0.125. The van der Waals surface area contributed by atoms with Crippen LogP contribution >= 0.6 is 23.4 Å². The van der Waals surface area contributed by atoms with Crippen molar-refractivity contribution in [2.45, 2.75) is 11.3 Å². The van der Waals surface area contributed by atoms with E-state index in [1.165, 1.54) is 11.8 Å². The van der Waals surface area contributed by atoms with E-state index in [-0.39, 0.29) is 17.8 Å². The van der Waals surface area contributed by atoms with Crippen molar-refractivity contribution in [2.75, 3.05) is 23.0 Å². The summed E-state index contributed by atoms with van der Waals surface area (Å²) in [6.07, 6.45) is -0.160. The van der Waals surface area contributed by atoms with Gasteiger partial charge in [0.25, 0.3) is 0 Å². The van der Waals surface area contributed by atoms with Crippen molar-refractivity contribution in [3.63, 3.8) is 0 Å². The molecule has 0 saturated heterocycles. The largest absolute Gasteiger partial charge is 0.350 e. The van der Waals surface area contributed by atoms with Crippen molar-refractivity contribution in [3.8, 4) is 11.4 Å². The van der Waals surface area contributed by atoms with E-state index in [1.807, 2.05) is 72.8 Å². The lowest BCUT2D eigenvalue weighted by molar-refractivity contribution is -0.113. The van der Waals surface area contributed by atoms with E-state index in [2.05, 4.69) is 38.1 Å². The number of hydrogen-bond acceptors (Lipinski definition) is 5. The van der Waals surface area contributed by atoms with Gasteiger partial charge in [-0.2, -0.15) is 0 Å². The second-order valence-electron chi connectivity index (χ2n) is 7.43. The van der Waals surface area contributed by atoms with Crippen LogP contribution in [0.25, 0.3) is 11.4 Å². The zero-order valence-corrected chi connectivity index (χ0v) is 18.8. The molecule has 0 bridgehead atoms. The molecule has 32 heavy (non-hydrogen) atoms. The van der Waals surface area contributed by atoms with Gasteiger partial charge in [0.15, 0.2) is 11.0 Å². The van der Waals surface area contributed by atoms with E-state index < -0.39 is 0 Å². The van der Waals surface area contributed by atoms with Crippen LogP contribution in [0, 0.1) is 0 Å². The van der Waals surface area contributed by atoms with Gasteiger partial charge in [-0.05, 0) is 42.0 Å². The van der Waals surface area contributed by atoms with Gasteiger partial charge in [0.2, 0.25) is 5.91 Å². The number of benzene rings is 3. The van der Waals surface area contributed by atoms with E-state index in [1.54, 1.807) is 0 Å². The van der Waals surface area contributed by atoms with Crippen molar-refractivity contribution in [1.29, 1.82) is 0 Å².